The largest absolute Gasteiger partial charge is 0.448 e. The van der Waals surface area contributed by atoms with Gasteiger partial charge in [0.2, 0.25) is 0 Å². The summed E-state index contributed by atoms with van der Waals surface area (Å²) in [6.45, 7) is 7.29. The molecule has 5 rings (SSSR count). The molecule has 1 unspecified atom stereocenters. The Hall–Kier alpha value is -4.25. The molecule has 2 aliphatic rings. The molecule has 10 nitrogen and oxygen atoms in total. The molecule has 42 heavy (non-hydrogen) atoms. The number of hydrogen-bond acceptors (Lipinski definition) is 6. The molecule has 3 aromatic rings. The van der Waals surface area contributed by atoms with Gasteiger partial charge in [0.05, 0.1) is 22.2 Å². The molecular formula is C31H35N4O6S+. The van der Waals surface area contributed by atoms with E-state index in [1.54, 1.807) is 20.8 Å². The highest BCUT2D eigenvalue weighted by Gasteiger charge is 2.58. The van der Waals surface area contributed by atoms with E-state index in [1.165, 1.54) is 4.90 Å². The number of hydrogen-bond donors (Lipinski definition) is 1. The molecule has 0 saturated carbocycles. The highest BCUT2D eigenvalue weighted by atomic mass is 32.2. The lowest BCUT2D eigenvalue weighted by Crippen LogP contribution is -2.74. The molecule has 1 fully saturated rings. The van der Waals surface area contributed by atoms with Crippen molar-refractivity contribution in [3.05, 3.63) is 101 Å². The number of ether oxygens (including phenoxy) is 2. The predicted molar refractivity (Wildman–Crippen MR) is 155 cm³/mol. The van der Waals surface area contributed by atoms with Crippen LogP contribution >= 0.6 is 0 Å². The van der Waals surface area contributed by atoms with Crippen molar-refractivity contribution < 1.29 is 32.7 Å². The Bertz CT molecular complexity index is 1500. The molecule has 3 heterocycles. The van der Waals surface area contributed by atoms with E-state index in [1.807, 2.05) is 96.3 Å². The van der Waals surface area contributed by atoms with Gasteiger partial charge >= 0.3 is 12.1 Å². The maximum absolute atomic E-state index is 14.1. The molecule has 2 aromatic carbocycles. The van der Waals surface area contributed by atoms with Gasteiger partial charge < -0.3 is 14.8 Å². The van der Waals surface area contributed by atoms with Gasteiger partial charge in [-0.25, -0.2) is 9.59 Å². The van der Waals surface area contributed by atoms with Gasteiger partial charge in [-0.2, -0.15) is 4.68 Å². The van der Waals surface area contributed by atoms with Gasteiger partial charge in [-0.15, -0.1) is 4.68 Å². The molecule has 0 radical (unpaired) electrons. The number of β-lactam (4-membered cyclic amide) rings is 1. The summed E-state index contributed by atoms with van der Waals surface area (Å²) in [7, 11) is 0.267. The van der Waals surface area contributed by atoms with Crippen molar-refractivity contribution in [3.8, 4) is 0 Å². The number of fused-ring (bicyclic) bond motifs is 1. The first-order valence-electron chi connectivity index (χ1n) is 13.7. The van der Waals surface area contributed by atoms with E-state index >= 15 is 0 Å². The minimum Gasteiger partial charge on any atom is -0.448 e. The highest BCUT2D eigenvalue weighted by Crippen LogP contribution is 2.37. The Morgan fingerprint density at radius 3 is 2.17 bits per heavy atom. The topological polar surface area (TPSA) is 111 Å². The normalized spacial score (nSPS) is 20.2. The van der Waals surface area contributed by atoms with Crippen LogP contribution < -0.4 is 10.00 Å². The minimum absolute atomic E-state index is 0.0321. The number of benzene rings is 2. The van der Waals surface area contributed by atoms with Gasteiger partial charge in [-0.05, 0) is 44.4 Å². The Morgan fingerprint density at radius 1 is 1.05 bits per heavy atom. The second-order valence-corrected chi connectivity index (χ2v) is 12.9. The predicted octanol–water partition coefficient (Wildman–Crippen LogP) is 3.03. The van der Waals surface area contributed by atoms with Gasteiger partial charge in [0.15, 0.2) is 19.3 Å². The fourth-order valence-electron chi connectivity index (χ4n) is 5.19. The lowest BCUT2D eigenvalue weighted by Gasteiger charge is -2.49. The zero-order chi connectivity index (χ0) is 30.2. The van der Waals surface area contributed by atoms with Gasteiger partial charge in [-0.1, -0.05) is 60.7 Å². The fraction of sp³-hybridized carbons (Fsp3) is 0.355. The molecule has 2 amide bonds. The third-order valence-electron chi connectivity index (χ3n) is 7.16. The van der Waals surface area contributed by atoms with E-state index in [9.17, 15) is 18.6 Å². The number of nitrogens with zero attached hydrogens (tertiary/aromatic N) is 3. The third-order valence-corrected chi connectivity index (χ3v) is 8.81. The first-order chi connectivity index (χ1) is 19.9. The number of carbonyl (C=O) groups excluding carboxylic acids is 3. The van der Waals surface area contributed by atoms with Crippen molar-refractivity contribution in [2.45, 2.75) is 57.4 Å². The summed E-state index contributed by atoms with van der Waals surface area (Å²) in [6.07, 6.45) is 0.350. The number of amides is 2. The number of nitrogens with one attached hydrogen (secondary N) is 1. The van der Waals surface area contributed by atoms with Crippen LogP contribution in [0.4, 0.5) is 4.79 Å². The number of rotatable bonds is 7. The summed E-state index contributed by atoms with van der Waals surface area (Å²) in [5.41, 5.74) is 2.24. The van der Waals surface area contributed by atoms with Crippen molar-refractivity contribution >= 4 is 28.8 Å². The zero-order valence-corrected chi connectivity index (χ0v) is 25.1. The van der Waals surface area contributed by atoms with E-state index in [0.717, 1.165) is 16.8 Å². The van der Waals surface area contributed by atoms with Gasteiger partial charge in [0, 0.05) is 6.07 Å². The Balaban J connectivity index is 1.52. The number of esters is 1. The van der Waals surface area contributed by atoms with E-state index in [0.29, 0.717) is 5.57 Å². The lowest BCUT2D eigenvalue weighted by molar-refractivity contribution is -0.753. The SMILES string of the molecule is Cc1cc[n+](C)n1CC1=C(C(=O)OC(c2ccccc2)c2ccccc2)N2C(=O)[C@@H](NC(=O)OC(C)(C)C)[C@H]2S(=O)C1. The molecule has 0 aliphatic carbocycles. The van der Waals surface area contributed by atoms with Crippen LogP contribution in [-0.2, 0) is 43.5 Å². The third kappa shape index (κ3) is 5.87. The van der Waals surface area contributed by atoms with Crippen LogP contribution in [0.15, 0.2) is 84.2 Å². The van der Waals surface area contributed by atoms with Gasteiger partial charge in [0.25, 0.3) is 5.91 Å². The molecule has 1 saturated heterocycles. The van der Waals surface area contributed by atoms with Crippen LogP contribution in [0.1, 0.15) is 43.7 Å². The van der Waals surface area contributed by atoms with E-state index in [-0.39, 0.29) is 18.0 Å². The van der Waals surface area contributed by atoms with Crippen LogP contribution in [-0.4, -0.2) is 54.5 Å². The smallest absolute Gasteiger partial charge is 0.408 e. The van der Waals surface area contributed by atoms with Crippen LogP contribution in [0, 0.1) is 6.92 Å². The van der Waals surface area contributed by atoms with E-state index in [4.69, 9.17) is 9.47 Å². The van der Waals surface area contributed by atoms with E-state index in [2.05, 4.69) is 5.32 Å². The molecule has 3 atom stereocenters. The van der Waals surface area contributed by atoms with Crippen molar-refractivity contribution in [2.24, 2.45) is 7.05 Å². The second kappa shape index (κ2) is 11.6. The molecule has 1 aromatic heterocycles. The van der Waals surface area contributed by atoms with Crippen LogP contribution in [0.3, 0.4) is 0 Å². The van der Waals surface area contributed by atoms with Crippen LogP contribution in [0.2, 0.25) is 0 Å². The minimum atomic E-state index is -1.60. The summed E-state index contributed by atoms with van der Waals surface area (Å²) < 4.78 is 28.8. The molecule has 220 valence electrons. The maximum atomic E-state index is 14.1. The lowest BCUT2D eigenvalue weighted by atomic mass is 10.0. The Morgan fingerprint density at radius 2 is 1.64 bits per heavy atom. The average molecular weight is 592 g/mol. The first-order valence-corrected chi connectivity index (χ1v) is 15.1. The maximum Gasteiger partial charge on any atom is 0.408 e. The quantitative estimate of drug-likeness (QED) is 0.257. The summed E-state index contributed by atoms with van der Waals surface area (Å²) in [4.78, 5) is 41.4. The molecular weight excluding hydrogens is 556 g/mol. The monoisotopic (exact) mass is 591 g/mol. The summed E-state index contributed by atoms with van der Waals surface area (Å²) >= 11 is 0. The van der Waals surface area contributed by atoms with Crippen molar-refractivity contribution in [1.82, 2.24) is 14.9 Å². The zero-order valence-electron chi connectivity index (χ0n) is 24.3. The summed E-state index contributed by atoms with van der Waals surface area (Å²) in [6, 6.07) is 19.6. The molecule has 2 aliphatic heterocycles. The Labute approximate surface area is 247 Å². The molecule has 1 N–H and O–H groups in total. The summed E-state index contributed by atoms with van der Waals surface area (Å²) in [5.74, 6) is -1.22. The number of aromatic nitrogens is 2. The standard InChI is InChI=1S/C31H34N4O6S/c1-20-16-17-33(5)34(20)18-23-19-42(39)28-24(32-30(38)41-31(2,3)4)27(36)35(28)25(23)29(37)40-26(21-12-8-6-9-13-21)22-14-10-7-11-15-22/h6-17,24,26,28H,18-19H2,1-5H3/p+1/t24-,28-,42?/m1/s1. The van der Waals surface area contributed by atoms with Crippen LogP contribution in [0.5, 0.6) is 0 Å². The Kier molecular flexibility index (Phi) is 8.05. The van der Waals surface area contributed by atoms with E-state index < -0.39 is 51.9 Å². The second-order valence-electron chi connectivity index (χ2n) is 11.4. The fourth-order valence-corrected chi connectivity index (χ4v) is 6.87. The molecule has 11 heteroatoms. The molecule has 0 spiro atoms. The van der Waals surface area contributed by atoms with Crippen molar-refractivity contribution in [1.29, 1.82) is 0 Å². The number of carbonyl (C=O) groups is 3. The van der Waals surface area contributed by atoms with Crippen molar-refractivity contribution in [3.63, 3.8) is 0 Å². The van der Waals surface area contributed by atoms with Gasteiger partial charge in [-0.3, -0.25) is 13.9 Å². The number of alkyl carbamates (subject to hydrolysis) is 1. The average Bonchev–Trinajstić information content (AvgIpc) is 3.26. The van der Waals surface area contributed by atoms with Crippen LogP contribution in [0.25, 0.3) is 0 Å². The summed E-state index contributed by atoms with van der Waals surface area (Å²) in [5, 5.41) is 1.63. The van der Waals surface area contributed by atoms with Crippen molar-refractivity contribution in [2.75, 3.05) is 5.75 Å². The number of aryl methyl sites for hydroxylation is 2. The van der Waals surface area contributed by atoms with Gasteiger partial charge in [0.1, 0.15) is 29.3 Å². The first kappa shape index (κ1) is 29.2. The molecule has 0 bridgehead atoms. The highest BCUT2D eigenvalue weighted by molar-refractivity contribution is 7.86.